The fourth-order valence-corrected chi connectivity index (χ4v) is 2.61. The van der Waals surface area contributed by atoms with E-state index in [2.05, 4.69) is 0 Å². The Morgan fingerprint density at radius 1 is 1.33 bits per heavy atom. The molecule has 0 radical (unpaired) electrons. The van der Waals surface area contributed by atoms with Gasteiger partial charge in [0, 0.05) is 27.2 Å². The summed E-state index contributed by atoms with van der Waals surface area (Å²) in [7, 11) is 0.719. The number of aromatic nitrogens is 1. The van der Waals surface area contributed by atoms with Gasteiger partial charge in [-0.05, 0) is 6.07 Å². The Hall–Kier alpha value is -1.80. The van der Waals surface area contributed by atoms with Crippen LogP contribution in [0.4, 0.5) is 5.69 Å². The van der Waals surface area contributed by atoms with Gasteiger partial charge in [0.15, 0.2) is 5.58 Å². The van der Waals surface area contributed by atoms with Crippen molar-refractivity contribution in [2.45, 2.75) is 4.90 Å². The molecule has 0 saturated heterocycles. The molecule has 0 aliphatic heterocycles. The SMILES string of the molecule is CN(C)S(=O)(=O)c1cc(N)c2c(c1)oc(=O)n2C. The van der Waals surface area contributed by atoms with E-state index in [-0.39, 0.29) is 16.2 Å². The zero-order valence-electron chi connectivity index (χ0n) is 10.2. The number of nitrogen functional groups attached to an aromatic ring is 1. The van der Waals surface area contributed by atoms with Crippen molar-refractivity contribution in [2.75, 3.05) is 19.8 Å². The molecule has 1 aromatic heterocycles. The number of aryl methyl sites for hydroxylation is 1. The predicted octanol–water partition coefficient (Wildman–Crippen LogP) is -0.0360. The highest BCUT2D eigenvalue weighted by Gasteiger charge is 2.21. The third-order valence-corrected chi connectivity index (χ3v) is 4.46. The van der Waals surface area contributed by atoms with E-state index < -0.39 is 15.8 Å². The average molecular weight is 271 g/mol. The molecule has 0 unspecified atom stereocenters. The summed E-state index contributed by atoms with van der Waals surface area (Å²) in [5.74, 6) is -0.587. The maximum absolute atomic E-state index is 12.0. The van der Waals surface area contributed by atoms with Crippen molar-refractivity contribution in [1.29, 1.82) is 0 Å². The van der Waals surface area contributed by atoms with Gasteiger partial charge in [-0.2, -0.15) is 0 Å². The number of hydrogen-bond donors (Lipinski definition) is 1. The molecule has 0 bridgehead atoms. The standard InChI is InChI=1S/C10H13N3O4S/c1-12(2)18(15,16)6-4-7(11)9-8(5-6)17-10(14)13(9)3/h4-5H,11H2,1-3H3. The van der Waals surface area contributed by atoms with Crippen LogP contribution in [0.15, 0.2) is 26.2 Å². The molecule has 0 aliphatic rings. The lowest BCUT2D eigenvalue weighted by Gasteiger charge is -2.11. The first-order valence-corrected chi connectivity index (χ1v) is 6.50. The minimum Gasteiger partial charge on any atom is -0.408 e. The third-order valence-electron chi connectivity index (χ3n) is 2.66. The molecule has 18 heavy (non-hydrogen) atoms. The highest BCUT2D eigenvalue weighted by Crippen LogP contribution is 2.25. The van der Waals surface area contributed by atoms with E-state index in [1.165, 1.54) is 37.8 Å². The molecule has 0 amide bonds. The minimum absolute atomic E-state index is 0.00755. The second-order valence-electron chi connectivity index (χ2n) is 4.07. The van der Waals surface area contributed by atoms with Crippen LogP contribution in [-0.2, 0) is 17.1 Å². The predicted molar refractivity (Wildman–Crippen MR) is 66.7 cm³/mol. The topological polar surface area (TPSA) is 98.5 Å². The molecule has 7 nitrogen and oxygen atoms in total. The maximum atomic E-state index is 12.0. The van der Waals surface area contributed by atoms with E-state index in [9.17, 15) is 13.2 Å². The third kappa shape index (κ3) is 1.70. The number of sulfonamides is 1. The summed E-state index contributed by atoms with van der Waals surface area (Å²) in [5, 5.41) is 0. The fraction of sp³-hybridized carbons (Fsp3) is 0.300. The highest BCUT2D eigenvalue weighted by atomic mass is 32.2. The van der Waals surface area contributed by atoms with E-state index in [0.29, 0.717) is 5.52 Å². The van der Waals surface area contributed by atoms with Crippen LogP contribution in [0.25, 0.3) is 11.1 Å². The van der Waals surface area contributed by atoms with E-state index in [1.807, 2.05) is 0 Å². The summed E-state index contributed by atoms with van der Waals surface area (Å²) in [6.45, 7) is 0. The molecule has 0 fully saturated rings. The number of hydrogen-bond acceptors (Lipinski definition) is 5. The largest absolute Gasteiger partial charge is 0.419 e. The first kappa shape index (κ1) is 12.7. The van der Waals surface area contributed by atoms with Crippen molar-refractivity contribution in [3.05, 3.63) is 22.7 Å². The zero-order valence-corrected chi connectivity index (χ0v) is 11.0. The van der Waals surface area contributed by atoms with Gasteiger partial charge < -0.3 is 10.2 Å². The van der Waals surface area contributed by atoms with E-state index >= 15 is 0 Å². The maximum Gasteiger partial charge on any atom is 0.419 e. The monoisotopic (exact) mass is 271 g/mol. The van der Waals surface area contributed by atoms with E-state index in [1.54, 1.807) is 0 Å². The van der Waals surface area contributed by atoms with Crippen molar-refractivity contribution in [1.82, 2.24) is 8.87 Å². The Kier molecular flexibility index (Phi) is 2.71. The van der Waals surface area contributed by atoms with Gasteiger partial charge in [-0.25, -0.2) is 17.5 Å². The summed E-state index contributed by atoms with van der Waals surface area (Å²) in [6, 6.07) is 2.61. The van der Waals surface area contributed by atoms with Crippen LogP contribution >= 0.6 is 0 Å². The van der Waals surface area contributed by atoms with Crippen molar-refractivity contribution in [3.8, 4) is 0 Å². The Bertz CT molecular complexity index is 770. The normalized spacial score (nSPS) is 12.4. The van der Waals surface area contributed by atoms with Crippen molar-refractivity contribution < 1.29 is 12.8 Å². The molecular weight excluding hydrogens is 258 g/mol. The molecule has 0 aliphatic carbocycles. The summed E-state index contributed by atoms with van der Waals surface area (Å²) in [4.78, 5) is 11.4. The number of anilines is 1. The number of nitrogens with two attached hydrogens (primary N) is 1. The van der Waals surface area contributed by atoms with Crippen LogP contribution in [0.2, 0.25) is 0 Å². The summed E-state index contributed by atoms with van der Waals surface area (Å²) >= 11 is 0. The van der Waals surface area contributed by atoms with Gasteiger partial charge in [0.25, 0.3) is 0 Å². The lowest BCUT2D eigenvalue weighted by atomic mass is 10.3. The number of rotatable bonds is 2. The quantitative estimate of drug-likeness (QED) is 0.773. The second kappa shape index (κ2) is 3.85. The average Bonchev–Trinajstić information content (AvgIpc) is 2.54. The van der Waals surface area contributed by atoms with Crippen LogP contribution in [-0.4, -0.2) is 31.4 Å². The number of nitrogens with zero attached hydrogens (tertiary/aromatic N) is 2. The molecular formula is C10H13N3O4S. The van der Waals surface area contributed by atoms with Crippen molar-refractivity contribution >= 4 is 26.8 Å². The number of fused-ring (bicyclic) bond motifs is 1. The molecule has 2 aromatic rings. The number of oxazole rings is 1. The molecule has 1 heterocycles. The molecule has 8 heteroatoms. The fourth-order valence-electron chi connectivity index (χ4n) is 1.65. The van der Waals surface area contributed by atoms with Gasteiger partial charge >= 0.3 is 5.76 Å². The molecule has 0 atom stereocenters. The molecule has 1 aromatic carbocycles. The Balaban J connectivity index is 2.83. The first-order chi connectivity index (χ1) is 8.25. The summed E-state index contributed by atoms with van der Waals surface area (Å²) in [5.41, 5.74) is 6.49. The van der Waals surface area contributed by atoms with Crippen molar-refractivity contribution in [3.63, 3.8) is 0 Å². The Morgan fingerprint density at radius 3 is 2.50 bits per heavy atom. The van der Waals surface area contributed by atoms with Crippen LogP contribution < -0.4 is 11.5 Å². The van der Waals surface area contributed by atoms with Crippen LogP contribution in [0.1, 0.15) is 0 Å². The lowest BCUT2D eigenvalue weighted by molar-refractivity contribution is 0.517. The van der Waals surface area contributed by atoms with Gasteiger partial charge in [0.2, 0.25) is 10.0 Å². The molecule has 2 rings (SSSR count). The molecule has 0 saturated carbocycles. The highest BCUT2D eigenvalue weighted by molar-refractivity contribution is 7.89. The van der Waals surface area contributed by atoms with Gasteiger partial charge in [-0.15, -0.1) is 0 Å². The zero-order chi connectivity index (χ0) is 13.7. The molecule has 98 valence electrons. The van der Waals surface area contributed by atoms with Gasteiger partial charge in [-0.1, -0.05) is 0 Å². The van der Waals surface area contributed by atoms with Gasteiger partial charge in [0.1, 0.15) is 5.52 Å². The Morgan fingerprint density at radius 2 is 1.94 bits per heavy atom. The van der Waals surface area contributed by atoms with E-state index in [0.717, 1.165) is 4.31 Å². The molecule has 0 spiro atoms. The Labute approximate surface area is 103 Å². The van der Waals surface area contributed by atoms with Crippen LogP contribution in [0.3, 0.4) is 0 Å². The smallest absolute Gasteiger partial charge is 0.408 e. The summed E-state index contributed by atoms with van der Waals surface area (Å²) in [6.07, 6.45) is 0. The summed E-state index contributed by atoms with van der Waals surface area (Å²) < 4.78 is 31.2. The first-order valence-electron chi connectivity index (χ1n) is 5.06. The van der Waals surface area contributed by atoms with E-state index in [4.69, 9.17) is 10.2 Å². The lowest BCUT2D eigenvalue weighted by Crippen LogP contribution is -2.22. The van der Waals surface area contributed by atoms with Crippen LogP contribution in [0, 0.1) is 0 Å². The molecule has 2 N–H and O–H groups in total. The second-order valence-corrected chi connectivity index (χ2v) is 6.23. The minimum atomic E-state index is -3.61. The van der Waals surface area contributed by atoms with Crippen molar-refractivity contribution in [2.24, 2.45) is 7.05 Å². The van der Waals surface area contributed by atoms with Gasteiger partial charge in [0.05, 0.1) is 10.6 Å². The van der Waals surface area contributed by atoms with Crippen LogP contribution in [0.5, 0.6) is 0 Å². The van der Waals surface area contributed by atoms with Gasteiger partial charge in [-0.3, -0.25) is 4.57 Å². The number of benzene rings is 1.